The second-order valence-electron chi connectivity index (χ2n) is 4.22. The van der Waals surface area contributed by atoms with Crippen molar-refractivity contribution in [2.75, 3.05) is 0 Å². The van der Waals surface area contributed by atoms with E-state index < -0.39 is 9.05 Å². The number of hydrogen-bond donors (Lipinski definition) is 0. The first-order chi connectivity index (χ1) is 9.91. The molecule has 2 aromatic rings. The Balaban J connectivity index is 2.12. The number of hydrogen-bond acceptors (Lipinski definition) is 5. The highest BCUT2D eigenvalue weighted by atomic mass is 35.7. The molecule has 0 aliphatic rings. The van der Waals surface area contributed by atoms with Gasteiger partial charge in [-0.3, -0.25) is 0 Å². The van der Waals surface area contributed by atoms with Crippen LogP contribution in [0, 0.1) is 0 Å². The topological polar surface area (TPSA) is 74.1 Å². The average molecular weight is 350 g/mol. The van der Waals surface area contributed by atoms with E-state index in [0.717, 1.165) is 13.0 Å². The second kappa shape index (κ2) is 6.64. The summed E-state index contributed by atoms with van der Waals surface area (Å²) in [5.74, 6) is 1.02. The van der Waals surface area contributed by atoms with Crippen LogP contribution >= 0.6 is 22.3 Å². The molecular formula is C12H13Cl2N3O3S. The molecule has 6 nitrogen and oxygen atoms in total. The molecule has 21 heavy (non-hydrogen) atoms. The normalized spacial score (nSPS) is 11.6. The van der Waals surface area contributed by atoms with Crippen LogP contribution in [0.5, 0.6) is 5.75 Å². The molecule has 2 rings (SSSR count). The Morgan fingerprint density at radius 2 is 2.14 bits per heavy atom. The number of rotatable bonds is 6. The summed E-state index contributed by atoms with van der Waals surface area (Å²) in [6.07, 6.45) is 2.39. The largest absolute Gasteiger partial charge is 0.484 e. The maximum absolute atomic E-state index is 11.2. The summed E-state index contributed by atoms with van der Waals surface area (Å²) in [4.78, 5) is 4.03. The first-order valence-corrected chi connectivity index (χ1v) is 8.84. The molecular weight excluding hydrogens is 337 g/mol. The van der Waals surface area contributed by atoms with Crippen LogP contribution in [0.1, 0.15) is 19.2 Å². The maximum Gasteiger partial charge on any atom is 0.261 e. The molecule has 0 amide bonds. The number of halogens is 2. The predicted molar refractivity (Wildman–Crippen MR) is 79.1 cm³/mol. The van der Waals surface area contributed by atoms with Crippen LogP contribution < -0.4 is 4.74 Å². The molecule has 0 saturated carbocycles. The molecule has 0 fully saturated rings. The standard InChI is InChI=1S/C12H13Cl2N3O3S/c1-2-5-17-12(15-8-16-17)7-20-11-4-3-9(6-10(11)13)21(14,18)19/h3-4,6,8H,2,5,7H2,1H3. The number of aromatic nitrogens is 3. The molecule has 114 valence electrons. The first-order valence-electron chi connectivity index (χ1n) is 6.15. The zero-order valence-corrected chi connectivity index (χ0v) is 13.5. The molecule has 0 unspecified atom stereocenters. The van der Waals surface area contributed by atoms with E-state index in [1.807, 2.05) is 6.92 Å². The number of benzene rings is 1. The van der Waals surface area contributed by atoms with Gasteiger partial charge in [0.15, 0.2) is 5.82 Å². The smallest absolute Gasteiger partial charge is 0.261 e. The number of ether oxygens (including phenoxy) is 1. The van der Waals surface area contributed by atoms with E-state index in [1.165, 1.54) is 24.5 Å². The summed E-state index contributed by atoms with van der Waals surface area (Å²) in [5.41, 5.74) is 0. The molecule has 0 saturated heterocycles. The lowest BCUT2D eigenvalue weighted by atomic mass is 10.3. The third-order valence-corrected chi connectivity index (χ3v) is 4.32. The minimum atomic E-state index is -3.81. The van der Waals surface area contributed by atoms with Gasteiger partial charge in [-0.25, -0.2) is 18.1 Å². The Morgan fingerprint density at radius 1 is 1.38 bits per heavy atom. The van der Waals surface area contributed by atoms with E-state index in [-0.39, 0.29) is 16.5 Å². The van der Waals surface area contributed by atoms with Crippen molar-refractivity contribution in [2.24, 2.45) is 0 Å². The average Bonchev–Trinajstić information content (AvgIpc) is 2.84. The van der Waals surface area contributed by atoms with Crippen LogP contribution in [-0.2, 0) is 22.2 Å². The van der Waals surface area contributed by atoms with Crippen LogP contribution in [0.3, 0.4) is 0 Å². The Morgan fingerprint density at radius 3 is 2.76 bits per heavy atom. The van der Waals surface area contributed by atoms with Crippen molar-refractivity contribution in [2.45, 2.75) is 31.4 Å². The molecule has 0 bridgehead atoms. The van der Waals surface area contributed by atoms with E-state index in [4.69, 9.17) is 27.0 Å². The van der Waals surface area contributed by atoms with E-state index in [0.29, 0.717) is 11.6 Å². The molecule has 0 spiro atoms. The van der Waals surface area contributed by atoms with Crippen molar-refractivity contribution >= 4 is 31.3 Å². The lowest BCUT2D eigenvalue weighted by Crippen LogP contribution is -2.08. The van der Waals surface area contributed by atoms with E-state index in [9.17, 15) is 8.42 Å². The molecule has 9 heteroatoms. The van der Waals surface area contributed by atoms with Crippen molar-refractivity contribution in [3.63, 3.8) is 0 Å². The minimum Gasteiger partial charge on any atom is -0.484 e. The third kappa shape index (κ3) is 4.09. The molecule has 1 aromatic heterocycles. The van der Waals surface area contributed by atoms with Gasteiger partial charge < -0.3 is 4.74 Å². The minimum absolute atomic E-state index is 0.0735. The lowest BCUT2D eigenvalue weighted by molar-refractivity contribution is 0.286. The first kappa shape index (κ1) is 16.1. The van der Waals surface area contributed by atoms with Crippen LogP contribution in [0.2, 0.25) is 5.02 Å². The molecule has 1 aromatic carbocycles. The molecule has 0 aliphatic carbocycles. The highest BCUT2D eigenvalue weighted by molar-refractivity contribution is 8.13. The number of aryl methyl sites for hydroxylation is 1. The zero-order chi connectivity index (χ0) is 15.5. The summed E-state index contributed by atoms with van der Waals surface area (Å²) in [6, 6.07) is 4.04. The van der Waals surface area contributed by atoms with Crippen molar-refractivity contribution in [1.29, 1.82) is 0 Å². The molecule has 0 N–H and O–H groups in total. The summed E-state index contributed by atoms with van der Waals surface area (Å²) >= 11 is 5.99. The van der Waals surface area contributed by atoms with Gasteiger partial charge in [0, 0.05) is 17.2 Å². The monoisotopic (exact) mass is 349 g/mol. The van der Waals surface area contributed by atoms with Crippen molar-refractivity contribution in [1.82, 2.24) is 14.8 Å². The van der Waals surface area contributed by atoms with Crippen LogP contribution in [0.4, 0.5) is 0 Å². The van der Waals surface area contributed by atoms with Crippen molar-refractivity contribution < 1.29 is 13.2 Å². The fraction of sp³-hybridized carbons (Fsp3) is 0.333. The van der Waals surface area contributed by atoms with Gasteiger partial charge in [-0.05, 0) is 24.6 Å². The Bertz CT molecular complexity index is 731. The summed E-state index contributed by atoms with van der Waals surface area (Å²) in [5, 5.41) is 4.25. The predicted octanol–water partition coefficient (Wildman–Crippen LogP) is 2.85. The third-order valence-electron chi connectivity index (χ3n) is 2.67. The van der Waals surface area contributed by atoms with Gasteiger partial charge in [-0.15, -0.1) is 0 Å². The van der Waals surface area contributed by atoms with Crippen LogP contribution in [-0.4, -0.2) is 23.2 Å². The summed E-state index contributed by atoms with van der Waals surface area (Å²) < 4.78 is 29.7. The highest BCUT2D eigenvalue weighted by Crippen LogP contribution is 2.29. The Hall–Kier alpha value is -1.31. The molecule has 0 atom stereocenters. The SMILES string of the molecule is CCCn1ncnc1COc1ccc(S(=O)(=O)Cl)cc1Cl. The van der Waals surface area contributed by atoms with Crippen molar-refractivity contribution in [3.05, 3.63) is 35.4 Å². The van der Waals surface area contributed by atoms with E-state index in [1.54, 1.807) is 4.68 Å². The fourth-order valence-electron chi connectivity index (χ4n) is 1.69. The molecule has 0 aliphatic heterocycles. The summed E-state index contributed by atoms with van der Waals surface area (Å²) in [7, 11) is 1.44. The van der Waals surface area contributed by atoms with Gasteiger partial charge in [0.05, 0.1) is 9.92 Å². The number of nitrogens with zero attached hydrogens (tertiary/aromatic N) is 3. The zero-order valence-electron chi connectivity index (χ0n) is 11.2. The Labute approximate surface area is 132 Å². The molecule has 1 heterocycles. The van der Waals surface area contributed by atoms with Crippen LogP contribution in [0.25, 0.3) is 0 Å². The summed E-state index contributed by atoms with van der Waals surface area (Å²) in [6.45, 7) is 2.97. The quantitative estimate of drug-likeness (QED) is 0.749. The van der Waals surface area contributed by atoms with E-state index in [2.05, 4.69) is 10.1 Å². The van der Waals surface area contributed by atoms with Gasteiger partial charge >= 0.3 is 0 Å². The van der Waals surface area contributed by atoms with Crippen LogP contribution in [0.15, 0.2) is 29.4 Å². The van der Waals surface area contributed by atoms with Gasteiger partial charge in [-0.2, -0.15) is 5.10 Å². The second-order valence-corrected chi connectivity index (χ2v) is 7.19. The Kier molecular flexibility index (Phi) is 5.08. The van der Waals surface area contributed by atoms with Gasteiger partial charge in [0.1, 0.15) is 18.7 Å². The molecule has 0 radical (unpaired) electrons. The van der Waals surface area contributed by atoms with E-state index >= 15 is 0 Å². The van der Waals surface area contributed by atoms with Crippen molar-refractivity contribution in [3.8, 4) is 5.75 Å². The highest BCUT2D eigenvalue weighted by Gasteiger charge is 2.13. The van der Waals surface area contributed by atoms with Gasteiger partial charge in [-0.1, -0.05) is 18.5 Å². The lowest BCUT2D eigenvalue weighted by Gasteiger charge is -2.09. The van der Waals surface area contributed by atoms with Gasteiger partial charge in [0.25, 0.3) is 9.05 Å². The fourth-order valence-corrected chi connectivity index (χ4v) is 2.77. The van der Waals surface area contributed by atoms with Gasteiger partial charge in [0.2, 0.25) is 0 Å². The maximum atomic E-state index is 11.2.